The highest BCUT2D eigenvalue weighted by Crippen LogP contribution is 2.51. The molecule has 14 rings (SSSR count). The van der Waals surface area contributed by atoms with Crippen LogP contribution in [0.3, 0.4) is 0 Å². The number of nitrogens with zero attached hydrogens (tertiary/aromatic N) is 4. The second-order valence-electron chi connectivity index (χ2n) is 19.4. The van der Waals surface area contributed by atoms with Gasteiger partial charge in [0.15, 0.2) is 0 Å². The average molecular weight is 907 g/mol. The summed E-state index contributed by atoms with van der Waals surface area (Å²) in [5.74, 6) is 0.643. The number of rotatable bonds is 7. The highest BCUT2D eigenvalue weighted by Gasteiger charge is 2.36. The summed E-state index contributed by atoms with van der Waals surface area (Å²) in [6.07, 6.45) is 0. The molecule has 3 aromatic heterocycles. The highest BCUT2D eigenvalue weighted by atomic mass is 15.2. The molecule has 4 nitrogen and oxygen atoms in total. The standard InChI is InChI=1S/C67H46N4/c1-67(2)58-31-19-18-30-51(58)53-40-56-54-36-47(33-35-63(54)71(64(56)41-59(53)67)66-68-60(45-24-12-5-13-25-45)42-61(69-66)46-26-14-6-15-27-46)48-32-34-62-55(37-48)57-39-49(43-20-8-3-9-21-43)38-52(44-22-10-4-11-23-44)65(57)70(62)50-28-16-7-17-29-50/h3-42H,1-2H3. The Kier molecular flexibility index (Phi) is 9.21. The highest BCUT2D eigenvalue weighted by molar-refractivity contribution is 6.17. The Bertz CT molecular complexity index is 4150. The molecule has 334 valence electrons. The van der Waals surface area contributed by atoms with Gasteiger partial charge in [0.25, 0.3) is 0 Å². The second-order valence-corrected chi connectivity index (χ2v) is 19.4. The van der Waals surface area contributed by atoms with Crippen LogP contribution in [-0.4, -0.2) is 19.1 Å². The van der Waals surface area contributed by atoms with E-state index in [1.165, 1.54) is 66.2 Å². The lowest BCUT2D eigenvalue weighted by Gasteiger charge is -2.21. The van der Waals surface area contributed by atoms with Crippen molar-refractivity contribution in [1.82, 2.24) is 19.1 Å². The van der Waals surface area contributed by atoms with E-state index in [0.29, 0.717) is 5.95 Å². The van der Waals surface area contributed by atoms with E-state index < -0.39 is 0 Å². The third-order valence-electron chi connectivity index (χ3n) is 14.9. The zero-order chi connectivity index (χ0) is 47.2. The predicted molar refractivity (Wildman–Crippen MR) is 295 cm³/mol. The average Bonchev–Trinajstić information content (AvgIpc) is 4.03. The van der Waals surface area contributed by atoms with E-state index in [1.807, 2.05) is 0 Å². The fourth-order valence-corrected chi connectivity index (χ4v) is 11.5. The number of benzene rings is 10. The molecule has 0 spiro atoms. The molecule has 0 bridgehead atoms. The molecule has 0 radical (unpaired) electrons. The first kappa shape index (κ1) is 40.9. The topological polar surface area (TPSA) is 35.6 Å². The first-order chi connectivity index (χ1) is 35.0. The van der Waals surface area contributed by atoms with E-state index in [9.17, 15) is 0 Å². The summed E-state index contributed by atoms with van der Waals surface area (Å²) < 4.78 is 4.76. The molecular formula is C67H46N4. The molecule has 1 aliphatic rings. The lowest BCUT2D eigenvalue weighted by Crippen LogP contribution is -2.15. The summed E-state index contributed by atoms with van der Waals surface area (Å²) >= 11 is 0. The van der Waals surface area contributed by atoms with Gasteiger partial charge in [0.05, 0.1) is 33.5 Å². The van der Waals surface area contributed by atoms with Crippen molar-refractivity contribution in [2.24, 2.45) is 0 Å². The van der Waals surface area contributed by atoms with Crippen LogP contribution in [-0.2, 0) is 5.41 Å². The molecule has 0 unspecified atom stereocenters. The van der Waals surface area contributed by atoms with Crippen molar-refractivity contribution in [3.8, 4) is 78.7 Å². The van der Waals surface area contributed by atoms with Crippen LogP contribution >= 0.6 is 0 Å². The van der Waals surface area contributed by atoms with Crippen LogP contribution < -0.4 is 0 Å². The zero-order valence-electron chi connectivity index (χ0n) is 39.4. The van der Waals surface area contributed by atoms with E-state index in [0.717, 1.165) is 61.3 Å². The molecule has 0 N–H and O–H groups in total. The van der Waals surface area contributed by atoms with Gasteiger partial charge in [0, 0.05) is 49.3 Å². The van der Waals surface area contributed by atoms with Crippen molar-refractivity contribution in [3.05, 3.63) is 254 Å². The quantitative estimate of drug-likeness (QED) is 0.160. The Hall–Kier alpha value is -9.12. The van der Waals surface area contributed by atoms with Gasteiger partial charge in [-0.3, -0.25) is 4.57 Å². The molecule has 0 saturated heterocycles. The minimum atomic E-state index is -0.191. The molecule has 71 heavy (non-hydrogen) atoms. The van der Waals surface area contributed by atoms with Crippen molar-refractivity contribution in [1.29, 1.82) is 0 Å². The van der Waals surface area contributed by atoms with E-state index >= 15 is 0 Å². The number of para-hydroxylation sites is 1. The Balaban J connectivity index is 1.04. The maximum absolute atomic E-state index is 5.42. The molecule has 13 aromatic rings. The van der Waals surface area contributed by atoms with Gasteiger partial charge in [-0.25, -0.2) is 9.97 Å². The van der Waals surface area contributed by atoms with Gasteiger partial charge in [-0.15, -0.1) is 0 Å². The Morgan fingerprint density at radius 2 is 0.803 bits per heavy atom. The molecule has 1 aliphatic carbocycles. The smallest absolute Gasteiger partial charge is 0.235 e. The second kappa shape index (κ2) is 16.0. The first-order valence-electron chi connectivity index (χ1n) is 24.5. The van der Waals surface area contributed by atoms with Crippen LogP contribution in [0, 0.1) is 0 Å². The maximum Gasteiger partial charge on any atom is 0.235 e. The Morgan fingerprint density at radius 1 is 0.310 bits per heavy atom. The van der Waals surface area contributed by atoms with Crippen molar-refractivity contribution < 1.29 is 0 Å². The Morgan fingerprint density at radius 3 is 1.42 bits per heavy atom. The molecule has 0 atom stereocenters. The predicted octanol–water partition coefficient (Wildman–Crippen LogP) is 17.3. The summed E-state index contributed by atoms with van der Waals surface area (Å²) in [5, 5.41) is 4.74. The molecule has 0 saturated carbocycles. The van der Waals surface area contributed by atoms with Gasteiger partial charge in [0.2, 0.25) is 5.95 Å². The van der Waals surface area contributed by atoms with E-state index in [-0.39, 0.29) is 5.41 Å². The largest absolute Gasteiger partial charge is 0.309 e. The van der Waals surface area contributed by atoms with E-state index in [2.05, 4.69) is 266 Å². The minimum absolute atomic E-state index is 0.191. The van der Waals surface area contributed by atoms with Crippen molar-refractivity contribution in [3.63, 3.8) is 0 Å². The lowest BCUT2D eigenvalue weighted by atomic mass is 9.82. The van der Waals surface area contributed by atoms with Crippen molar-refractivity contribution >= 4 is 43.6 Å². The zero-order valence-corrected chi connectivity index (χ0v) is 39.4. The third kappa shape index (κ3) is 6.52. The van der Waals surface area contributed by atoms with Crippen LogP contribution in [0.1, 0.15) is 25.0 Å². The summed E-state index contributed by atoms with van der Waals surface area (Å²) in [4.78, 5) is 10.8. The molecular weight excluding hydrogens is 861 g/mol. The van der Waals surface area contributed by atoms with Crippen LogP contribution in [0.25, 0.3) is 122 Å². The van der Waals surface area contributed by atoms with E-state index in [1.54, 1.807) is 0 Å². The van der Waals surface area contributed by atoms with E-state index in [4.69, 9.17) is 9.97 Å². The van der Waals surface area contributed by atoms with Gasteiger partial charge in [0.1, 0.15) is 0 Å². The minimum Gasteiger partial charge on any atom is -0.309 e. The normalized spacial score (nSPS) is 12.8. The fraction of sp³-hybridized carbons (Fsp3) is 0.0448. The summed E-state index contributed by atoms with van der Waals surface area (Å²) in [6, 6.07) is 88.0. The molecule has 0 aliphatic heterocycles. The SMILES string of the molecule is CC1(C)c2ccccc2-c2cc3c4cc(-c5ccc6c(c5)c5cc(-c7ccccc7)cc(-c7ccccc7)c5n6-c5ccccc5)ccc4n(-c4nc(-c5ccccc5)cc(-c5ccccc5)n4)c3cc21. The molecule has 0 fully saturated rings. The molecule has 10 aromatic carbocycles. The third-order valence-corrected chi connectivity index (χ3v) is 14.9. The van der Waals surface area contributed by atoms with Gasteiger partial charge >= 0.3 is 0 Å². The van der Waals surface area contributed by atoms with Crippen LogP contribution in [0.2, 0.25) is 0 Å². The van der Waals surface area contributed by atoms with Crippen LogP contribution in [0.5, 0.6) is 0 Å². The summed E-state index contributed by atoms with van der Waals surface area (Å²) in [5.41, 5.74) is 21.6. The maximum atomic E-state index is 5.42. The fourth-order valence-electron chi connectivity index (χ4n) is 11.5. The van der Waals surface area contributed by atoms with Crippen molar-refractivity contribution in [2.75, 3.05) is 0 Å². The van der Waals surface area contributed by atoms with Gasteiger partial charge in [-0.1, -0.05) is 190 Å². The monoisotopic (exact) mass is 906 g/mol. The van der Waals surface area contributed by atoms with Crippen molar-refractivity contribution in [2.45, 2.75) is 19.3 Å². The molecule has 3 heterocycles. The summed E-state index contributed by atoms with van der Waals surface area (Å²) in [6.45, 7) is 4.70. The lowest BCUT2D eigenvalue weighted by molar-refractivity contribution is 0.661. The van der Waals surface area contributed by atoms with Gasteiger partial charge in [-0.05, 0) is 117 Å². The van der Waals surface area contributed by atoms with Crippen LogP contribution in [0.4, 0.5) is 0 Å². The Labute approximate surface area is 412 Å². The summed E-state index contributed by atoms with van der Waals surface area (Å²) in [7, 11) is 0. The number of fused-ring (bicyclic) bond motifs is 9. The molecule has 4 heteroatoms. The first-order valence-corrected chi connectivity index (χ1v) is 24.5. The number of hydrogen-bond donors (Lipinski definition) is 0. The number of hydrogen-bond acceptors (Lipinski definition) is 2. The van der Waals surface area contributed by atoms with Gasteiger partial charge < -0.3 is 4.57 Å². The molecule has 0 amide bonds. The van der Waals surface area contributed by atoms with Crippen LogP contribution in [0.15, 0.2) is 243 Å². The number of aromatic nitrogens is 4. The van der Waals surface area contributed by atoms with Gasteiger partial charge in [-0.2, -0.15) is 0 Å².